The summed E-state index contributed by atoms with van der Waals surface area (Å²) in [5.74, 6) is 1.08. The number of aromatic nitrogens is 2. The minimum absolute atomic E-state index is 0.00155. The number of hydrogen-bond donors (Lipinski definition) is 1. The van der Waals surface area contributed by atoms with E-state index in [1.165, 1.54) is 0 Å². The number of nitrogens with zero attached hydrogens (tertiary/aromatic N) is 3. The van der Waals surface area contributed by atoms with E-state index in [0.29, 0.717) is 29.7 Å². The number of carbonyl (C=O) groups is 2. The van der Waals surface area contributed by atoms with Crippen molar-refractivity contribution >= 4 is 41.0 Å². The van der Waals surface area contributed by atoms with Crippen molar-refractivity contribution in [3.63, 3.8) is 0 Å². The standard InChI is InChI=1S/C33H33ClN4O4S/c1-21-6-3-4-8-27(21)32-30-31(22-9-11-23(34)12-10-22)36-38(24-13-15-25(41-2)16-14-24)33(30)37(29(40)20-43-32)19-28(39)35-18-26-7-5-17-42-26/h3-4,6,8-16,26,32H,5,7,17-20H2,1-2H3,(H,35,39). The van der Waals surface area contributed by atoms with Gasteiger partial charge >= 0.3 is 0 Å². The summed E-state index contributed by atoms with van der Waals surface area (Å²) < 4.78 is 12.9. The molecule has 1 aromatic heterocycles. The molecule has 3 aromatic carbocycles. The third kappa shape index (κ3) is 6.16. The number of anilines is 1. The van der Waals surface area contributed by atoms with Crippen LogP contribution in [0.25, 0.3) is 16.9 Å². The van der Waals surface area contributed by atoms with Crippen molar-refractivity contribution in [3.8, 4) is 22.7 Å². The molecule has 0 aliphatic carbocycles. The van der Waals surface area contributed by atoms with Crippen LogP contribution in [0.4, 0.5) is 5.82 Å². The third-order valence-corrected chi connectivity index (χ3v) is 9.34. The van der Waals surface area contributed by atoms with Gasteiger partial charge in [-0.2, -0.15) is 5.10 Å². The molecule has 0 radical (unpaired) electrons. The molecule has 2 aliphatic rings. The van der Waals surface area contributed by atoms with Crippen LogP contribution in [0, 0.1) is 6.92 Å². The molecule has 3 heterocycles. The van der Waals surface area contributed by atoms with Crippen molar-refractivity contribution in [2.24, 2.45) is 0 Å². The highest BCUT2D eigenvalue weighted by Crippen LogP contribution is 2.49. The van der Waals surface area contributed by atoms with E-state index < -0.39 is 0 Å². The fourth-order valence-corrected chi connectivity index (χ4v) is 7.02. The third-order valence-electron chi connectivity index (χ3n) is 7.85. The first-order chi connectivity index (χ1) is 20.9. The predicted octanol–water partition coefficient (Wildman–Crippen LogP) is 5.97. The maximum absolute atomic E-state index is 13.9. The Morgan fingerprint density at radius 1 is 1.12 bits per heavy atom. The van der Waals surface area contributed by atoms with Crippen molar-refractivity contribution in [3.05, 3.63) is 94.5 Å². The zero-order valence-electron chi connectivity index (χ0n) is 24.1. The Labute approximate surface area is 260 Å². The van der Waals surface area contributed by atoms with Gasteiger partial charge in [0.05, 0.1) is 35.6 Å². The molecule has 1 saturated heterocycles. The number of aryl methyl sites for hydroxylation is 1. The first-order valence-electron chi connectivity index (χ1n) is 14.3. The summed E-state index contributed by atoms with van der Waals surface area (Å²) in [7, 11) is 1.62. The lowest BCUT2D eigenvalue weighted by Gasteiger charge is -2.24. The molecule has 2 aliphatic heterocycles. The maximum Gasteiger partial charge on any atom is 0.240 e. The SMILES string of the molecule is COc1ccc(-n2nc(-c3ccc(Cl)cc3)c3c2N(CC(=O)NCC2CCCO2)C(=O)CSC3c2ccccc2C)cc1. The van der Waals surface area contributed by atoms with E-state index >= 15 is 0 Å². The molecule has 6 rings (SSSR count). The van der Waals surface area contributed by atoms with E-state index in [1.54, 1.807) is 28.5 Å². The van der Waals surface area contributed by atoms with Gasteiger partial charge in [0.2, 0.25) is 11.8 Å². The summed E-state index contributed by atoms with van der Waals surface area (Å²) in [6.45, 7) is 3.07. The van der Waals surface area contributed by atoms with E-state index in [4.69, 9.17) is 26.2 Å². The molecule has 8 nitrogen and oxygen atoms in total. The van der Waals surface area contributed by atoms with Crippen molar-refractivity contribution in [2.45, 2.75) is 31.1 Å². The van der Waals surface area contributed by atoms with Crippen LogP contribution >= 0.6 is 23.4 Å². The minimum atomic E-state index is -0.246. The Hall–Kier alpha value is -3.79. The molecule has 43 heavy (non-hydrogen) atoms. The Morgan fingerprint density at radius 2 is 1.88 bits per heavy atom. The van der Waals surface area contributed by atoms with E-state index in [2.05, 4.69) is 24.4 Å². The minimum Gasteiger partial charge on any atom is -0.497 e. The molecule has 1 N–H and O–H groups in total. The molecule has 4 aromatic rings. The van der Waals surface area contributed by atoms with Crippen molar-refractivity contribution in [1.29, 1.82) is 0 Å². The monoisotopic (exact) mass is 616 g/mol. The number of fused-ring (bicyclic) bond motifs is 1. The number of nitrogens with one attached hydrogen (secondary N) is 1. The van der Waals surface area contributed by atoms with E-state index in [0.717, 1.165) is 46.5 Å². The van der Waals surface area contributed by atoms with Gasteiger partial charge in [0.25, 0.3) is 0 Å². The van der Waals surface area contributed by atoms with Crippen LogP contribution in [-0.2, 0) is 14.3 Å². The quantitative estimate of drug-likeness (QED) is 0.262. The van der Waals surface area contributed by atoms with Gasteiger partial charge in [-0.3, -0.25) is 14.5 Å². The van der Waals surface area contributed by atoms with E-state index in [-0.39, 0.29) is 35.5 Å². The first-order valence-corrected chi connectivity index (χ1v) is 15.7. The molecule has 0 bridgehead atoms. The van der Waals surface area contributed by atoms with Gasteiger partial charge in [0, 0.05) is 29.3 Å². The highest BCUT2D eigenvalue weighted by molar-refractivity contribution is 8.00. The molecule has 0 spiro atoms. The molecule has 2 atom stereocenters. The lowest BCUT2D eigenvalue weighted by atomic mass is 9.96. The van der Waals surface area contributed by atoms with Crippen LogP contribution in [0.3, 0.4) is 0 Å². The predicted molar refractivity (Wildman–Crippen MR) is 170 cm³/mol. The normalized spacial score (nSPS) is 18.3. The number of hydrogen-bond acceptors (Lipinski definition) is 6. The molecule has 1 fully saturated rings. The summed E-state index contributed by atoms with van der Waals surface area (Å²) >= 11 is 7.82. The van der Waals surface area contributed by atoms with Gasteiger partial charge in [-0.15, -0.1) is 11.8 Å². The van der Waals surface area contributed by atoms with Gasteiger partial charge in [0.15, 0.2) is 0 Å². The number of ether oxygens (including phenoxy) is 2. The molecule has 0 saturated carbocycles. The van der Waals surface area contributed by atoms with E-state index in [9.17, 15) is 9.59 Å². The molecular weight excluding hydrogens is 584 g/mol. The molecule has 222 valence electrons. The average Bonchev–Trinajstić information content (AvgIpc) is 3.66. The summed E-state index contributed by atoms with van der Waals surface area (Å²) in [6.07, 6.45) is 1.90. The Kier molecular flexibility index (Phi) is 8.74. The first kappa shape index (κ1) is 29.3. The second kappa shape index (κ2) is 12.8. The molecular formula is C33H33ClN4O4S. The smallest absolute Gasteiger partial charge is 0.240 e. The zero-order valence-corrected chi connectivity index (χ0v) is 25.7. The number of methoxy groups -OCH3 is 1. The van der Waals surface area contributed by atoms with Crippen molar-refractivity contribution in [2.75, 3.05) is 37.5 Å². The molecule has 2 amide bonds. The lowest BCUT2D eigenvalue weighted by molar-refractivity contribution is -0.123. The number of benzene rings is 3. The number of rotatable bonds is 8. The number of carbonyl (C=O) groups excluding carboxylic acids is 2. The lowest BCUT2D eigenvalue weighted by Crippen LogP contribution is -2.44. The van der Waals surface area contributed by atoms with Gasteiger partial charge in [0.1, 0.15) is 18.1 Å². The van der Waals surface area contributed by atoms with Crippen LogP contribution in [-0.4, -0.2) is 60.3 Å². The zero-order chi connectivity index (χ0) is 29.9. The molecule has 2 unspecified atom stereocenters. The Balaban J connectivity index is 1.53. The Morgan fingerprint density at radius 3 is 2.58 bits per heavy atom. The van der Waals surface area contributed by atoms with Crippen molar-refractivity contribution in [1.82, 2.24) is 15.1 Å². The number of halogens is 1. The summed E-state index contributed by atoms with van der Waals surface area (Å²) in [5, 5.41) is 8.54. The second-order valence-corrected chi connectivity index (χ2v) is 12.2. The van der Waals surface area contributed by atoms with Crippen LogP contribution in [0.5, 0.6) is 5.75 Å². The average molecular weight is 617 g/mol. The van der Waals surface area contributed by atoms with E-state index in [1.807, 2.05) is 60.7 Å². The number of thioether (sulfide) groups is 1. The largest absolute Gasteiger partial charge is 0.497 e. The summed E-state index contributed by atoms with van der Waals surface area (Å²) in [6, 6.07) is 23.3. The van der Waals surface area contributed by atoms with Crippen LogP contribution in [0.15, 0.2) is 72.8 Å². The van der Waals surface area contributed by atoms with Gasteiger partial charge in [-0.05, 0) is 67.3 Å². The summed E-state index contributed by atoms with van der Waals surface area (Å²) in [5.41, 5.74) is 5.41. The highest BCUT2D eigenvalue weighted by atomic mass is 35.5. The van der Waals surface area contributed by atoms with Crippen LogP contribution in [0.2, 0.25) is 5.02 Å². The summed E-state index contributed by atoms with van der Waals surface area (Å²) in [4.78, 5) is 28.9. The van der Waals surface area contributed by atoms with Crippen LogP contribution in [0.1, 0.15) is 34.8 Å². The van der Waals surface area contributed by atoms with Crippen LogP contribution < -0.4 is 15.0 Å². The van der Waals surface area contributed by atoms with Gasteiger partial charge in [-0.1, -0.05) is 48.0 Å². The number of amides is 2. The van der Waals surface area contributed by atoms with Gasteiger partial charge < -0.3 is 14.8 Å². The van der Waals surface area contributed by atoms with Gasteiger partial charge in [-0.25, -0.2) is 4.68 Å². The second-order valence-electron chi connectivity index (χ2n) is 10.7. The van der Waals surface area contributed by atoms with Crippen molar-refractivity contribution < 1.29 is 19.1 Å². The fourth-order valence-electron chi connectivity index (χ4n) is 5.60. The highest BCUT2D eigenvalue weighted by Gasteiger charge is 2.38. The fraction of sp³-hybridized carbons (Fsp3) is 0.303. The Bertz CT molecular complexity index is 1620. The molecule has 10 heteroatoms. The maximum atomic E-state index is 13.9. The topological polar surface area (TPSA) is 85.7 Å².